The molecule has 0 bridgehead atoms. The third-order valence-electron chi connectivity index (χ3n) is 4.61. The summed E-state index contributed by atoms with van der Waals surface area (Å²) in [4.78, 5) is 17.7. The molecule has 132 valence electrons. The van der Waals surface area contributed by atoms with Crippen molar-refractivity contribution in [2.45, 2.75) is 38.8 Å². The van der Waals surface area contributed by atoms with Gasteiger partial charge >= 0.3 is 5.97 Å². The molecule has 3 rings (SSSR count). The first kappa shape index (κ1) is 17.5. The topological polar surface area (TPSA) is 53.4 Å². The van der Waals surface area contributed by atoms with Crippen LogP contribution in [0.4, 0.5) is 8.78 Å². The van der Waals surface area contributed by atoms with Gasteiger partial charge in [-0.15, -0.1) is 0 Å². The number of fused-ring (bicyclic) bond motifs is 1. The van der Waals surface area contributed by atoms with Crippen molar-refractivity contribution in [2.24, 2.45) is 0 Å². The first-order valence-corrected chi connectivity index (χ1v) is 8.17. The minimum Gasteiger partial charge on any atom is -0.480 e. The number of carbonyl (C=O) groups is 1. The van der Waals surface area contributed by atoms with Gasteiger partial charge in [0.15, 0.2) is 0 Å². The van der Waals surface area contributed by atoms with Gasteiger partial charge < -0.3 is 5.11 Å². The lowest BCUT2D eigenvalue weighted by Crippen LogP contribution is -2.39. The van der Waals surface area contributed by atoms with E-state index in [1.165, 1.54) is 12.1 Å². The van der Waals surface area contributed by atoms with E-state index in [1.54, 1.807) is 11.0 Å². The van der Waals surface area contributed by atoms with Crippen molar-refractivity contribution >= 4 is 5.97 Å². The summed E-state index contributed by atoms with van der Waals surface area (Å²) in [5.74, 6) is -3.96. The van der Waals surface area contributed by atoms with Gasteiger partial charge in [0.2, 0.25) is 0 Å². The number of nitrogens with zero attached hydrogens (tertiary/aromatic N) is 2. The average Bonchev–Trinajstić information content (AvgIpc) is 2.54. The highest BCUT2D eigenvalue weighted by Gasteiger charge is 2.34. The highest BCUT2D eigenvalue weighted by Crippen LogP contribution is 2.33. The molecule has 1 aliphatic rings. The molecule has 1 aromatic carbocycles. The Morgan fingerprint density at radius 1 is 1.32 bits per heavy atom. The van der Waals surface area contributed by atoms with E-state index in [2.05, 4.69) is 4.98 Å². The quantitative estimate of drug-likeness (QED) is 0.917. The zero-order valence-corrected chi connectivity index (χ0v) is 14.2. The van der Waals surface area contributed by atoms with Crippen molar-refractivity contribution < 1.29 is 18.7 Å². The standard InChI is InChI=1S/C19H20F2N2O2/c1-12-5-3-7-15-14(12)9-10-23(17(15)18(24)25)11-13-6-4-8-16(22-13)19(2,20)21/h3-8,17H,9-11H2,1-2H3,(H,24,25). The van der Waals surface area contributed by atoms with Crippen LogP contribution in [-0.2, 0) is 23.7 Å². The zero-order chi connectivity index (χ0) is 18.2. The van der Waals surface area contributed by atoms with Gasteiger partial charge in [0.25, 0.3) is 5.92 Å². The maximum Gasteiger partial charge on any atom is 0.325 e. The second kappa shape index (κ2) is 6.52. The van der Waals surface area contributed by atoms with E-state index < -0.39 is 17.9 Å². The second-order valence-electron chi connectivity index (χ2n) is 6.51. The molecule has 1 atom stereocenters. The number of pyridine rings is 1. The van der Waals surface area contributed by atoms with Crippen LogP contribution in [0.1, 0.15) is 41.0 Å². The fourth-order valence-corrected chi connectivity index (χ4v) is 3.38. The largest absolute Gasteiger partial charge is 0.480 e. The molecular weight excluding hydrogens is 326 g/mol. The first-order valence-electron chi connectivity index (χ1n) is 8.17. The number of hydrogen-bond acceptors (Lipinski definition) is 3. The Balaban J connectivity index is 1.92. The lowest BCUT2D eigenvalue weighted by molar-refractivity contribution is -0.144. The van der Waals surface area contributed by atoms with Gasteiger partial charge in [-0.2, -0.15) is 8.78 Å². The van der Waals surface area contributed by atoms with Crippen LogP contribution in [0.15, 0.2) is 36.4 Å². The van der Waals surface area contributed by atoms with Gasteiger partial charge in [-0.3, -0.25) is 14.7 Å². The van der Waals surface area contributed by atoms with Gasteiger partial charge in [0.1, 0.15) is 11.7 Å². The van der Waals surface area contributed by atoms with E-state index in [0.29, 0.717) is 12.2 Å². The smallest absolute Gasteiger partial charge is 0.325 e. The maximum atomic E-state index is 13.5. The zero-order valence-electron chi connectivity index (χ0n) is 14.2. The molecule has 1 unspecified atom stereocenters. The third-order valence-corrected chi connectivity index (χ3v) is 4.61. The molecule has 0 aliphatic carbocycles. The van der Waals surface area contributed by atoms with Crippen LogP contribution in [0, 0.1) is 6.92 Å². The van der Waals surface area contributed by atoms with Crippen molar-refractivity contribution in [3.05, 3.63) is 64.5 Å². The number of carboxylic acid groups (broad SMARTS) is 1. The summed E-state index contributed by atoms with van der Waals surface area (Å²) in [5, 5.41) is 9.73. The summed E-state index contributed by atoms with van der Waals surface area (Å²) in [6.07, 6.45) is 0.732. The molecule has 1 aromatic heterocycles. The fraction of sp³-hybridized carbons (Fsp3) is 0.368. The number of rotatable bonds is 4. The van der Waals surface area contributed by atoms with Gasteiger partial charge in [-0.25, -0.2) is 0 Å². The fourth-order valence-electron chi connectivity index (χ4n) is 3.38. The van der Waals surface area contributed by atoms with E-state index in [9.17, 15) is 18.7 Å². The molecule has 6 heteroatoms. The molecule has 0 radical (unpaired) electrons. The molecule has 0 spiro atoms. The van der Waals surface area contributed by atoms with Gasteiger partial charge in [0.05, 0.1) is 5.69 Å². The molecule has 1 N–H and O–H groups in total. The van der Waals surface area contributed by atoms with E-state index >= 15 is 0 Å². The van der Waals surface area contributed by atoms with E-state index in [0.717, 1.165) is 30.0 Å². The summed E-state index contributed by atoms with van der Waals surface area (Å²) in [7, 11) is 0. The van der Waals surface area contributed by atoms with Crippen LogP contribution >= 0.6 is 0 Å². The lowest BCUT2D eigenvalue weighted by Gasteiger charge is -2.35. The number of carboxylic acids is 1. The van der Waals surface area contributed by atoms with Crippen molar-refractivity contribution in [3.8, 4) is 0 Å². The Morgan fingerprint density at radius 3 is 2.72 bits per heavy atom. The molecule has 25 heavy (non-hydrogen) atoms. The third kappa shape index (κ3) is 3.54. The first-order chi connectivity index (χ1) is 11.8. The molecule has 0 fully saturated rings. The number of aromatic nitrogens is 1. The Morgan fingerprint density at radius 2 is 2.04 bits per heavy atom. The van der Waals surface area contributed by atoms with Crippen LogP contribution in [0.2, 0.25) is 0 Å². The van der Waals surface area contributed by atoms with Crippen LogP contribution < -0.4 is 0 Å². The Bertz CT molecular complexity index is 802. The number of benzene rings is 1. The summed E-state index contributed by atoms with van der Waals surface area (Å²) in [6.45, 7) is 3.54. The molecule has 4 nitrogen and oxygen atoms in total. The number of alkyl halides is 2. The van der Waals surface area contributed by atoms with Crippen molar-refractivity contribution in [3.63, 3.8) is 0 Å². The van der Waals surface area contributed by atoms with Crippen molar-refractivity contribution in [1.29, 1.82) is 0 Å². The molecular formula is C19H20F2N2O2. The molecule has 0 saturated carbocycles. The van der Waals surface area contributed by atoms with Crippen LogP contribution in [0.5, 0.6) is 0 Å². The summed E-state index contributed by atoms with van der Waals surface area (Å²) in [5.41, 5.74) is 3.06. The summed E-state index contributed by atoms with van der Waals surface area (Å²) in [6, 6.07) is 9.33. The van der Waals surface area contributed by atoms with Crippen LogP contribution in [0.3, 0.4) is 0 Å². The SMILES string of the molecule is Cc1cccc2c1CCN(Cc1cccc(C(C)(F)F)n1)C2C(=O)O. The van der Waals surface area contributed by atoms with E-state index in [-0.39, 0.29) is 12.2 Å². The highest BCUT2D eigenvalue weighted by atomic mass is 19.3. The monoisotopic (exact) mass is 346 g/mol. The molecule has 0 saturated heterocycles. The van der Waals surface area contributed by atoms with Crippen LogP contribution in [0.25, 0.3) is 0 Å². The highest BCUT2D eigenvalue weighted by molar-refractivity contribution is 5.76. The molecule has 0 amide bonds. The molecule has 1 aliphatic heterocycles. The number of halogens is 2. The minimum atomic E-state index is -3.02. The molecule has 2 heterocycles. The van der Waals surface area contributed by atoms with E-state index in [4.69, 9.17) is 0 Å². The number of hydrogen-bond donors (Lipinski definition) is 1. The van der Waals surface area contributed by atoms with Crippen LogP contribution in [-0.4, -0.2) is 27.5 Å². The van der Waals surface area contributed by atoms with Crippen molar-refractivity contribution in [1.82, 2.24) is 9.88 Å². The lowest BCUT2D eigenvalue weighted by atomic mass is 9.89. The van der Waals surface area contributed by atoms with Gasteiger partial charge in [-0.1, -0.05) is 24.3 Å². The Kier molecular flexibility index (Phi) is 4.56. The second-order valence-corrected chi connectivity index (χ2v) is 6.51. The summed E-state index contributed by atoms with van der Waals surface area (Å²) >= 11 is 0. The Labute approximate surface area is 145 Å². The minimum absolute atomic E-state index is 0.217. The van der Waals surface area contributed by atoms with Gasteiger partial charge in [0, 0.05) is 20.0 Å². The van der Waals surface area contributed by atoms with Gasteiger partial charge in [-0.05, 0) is 42.2 Å². The number of aliphatic carboxylic acids is 1. The Hall–Kier alpha value is -2.34. The average molecular weight is 346 g/mol. The predicted molar refractivity (Wildman–Crippen MR) is 89.5 cm³/mol. The van der Waals surface area contributed by atoms with E-state index in [1.807, 2.05) is 25.1 Å². The molecule has 2 aromatic rings. The summed E-state index contributed by atoms with van der Waals surface area (Å²) < 4.78 is 27.0. The van der Waals surface area contributed by atoms with Crippen molar-refractivity contribution in [2.75, 3.05) is 6.54 Å². The maximum absolute atomic E-state index is 13.5. The number of aryl methyl sites for hydroxylation is 1. The predicted octanol–water partition coefficient (Wildman–Crippen LogP) is 3.69. The normalized spacial score (nSPS) is 18.0.